The molecule has 0 saturated carbocycles. The van der Waals surface area contributed by atoms with Crippen LogP contribution in [0.3, 0.4) is 0 Å². The first-order chi connectivity index (χ1) is 10.6. The quantitative estimate of drug-likeness (QED) is 0.556. The van der Waals surface area contributed by atoms with Crippen molar-refractivity contribution in [1.29, 1.82) is 0 Å². The minimum atomic E-state index is -4.64. The summed E-state index contributed by atoms with van der Waals surface area (Å²) in [5, 5.41) is 0. The molecule has 3 N–H and O–H groups in total. The van der Waals surface area contributed by atoms with Gasteiger partial charge in [-0.05, 0) is 59.1 Å². The average Bonchev–Trinajstić information content (AvgIpc) is 2.41. The van der Waals surface area contributed by atoms with Crippen molar-refractivity contribution in [3.05, 3.63) is 56.5 Å². The van der Waals surface area contributed by atoms with Crippen molar-refractivity contribution < 1.29 is 24.0 Å². The zero-order chi connectivity index (χ0) is 17.6. The topological polar surface area (TPSA) is 87.0 Å². The summed E-state index contributed by atoms with van der Waals surface area (Å²) in [6.07, 6.45) is 0.963. The van der Waals surface area contributed by atoms with E-state index in [-0.39, 0.29) is 0 Å². The monoisotopic (exact) mass is 466 g/mol. The molecule has 0 aliphatic rings. The molecule has 0 radical (unpaired) electrons. The smallest absolute Gasteiger partial charge is 0.456 e. The lowest BCUT2D eigenvalue weighted by molar-refractivity contribution is 0.275. The third-order valence-corrected chi connectivity index (χ3v) is 3.82. The summed E-state index contributed by atoms with van der Waals surface area (Å²) in [6, 6.07) is 12.2. The number of benzene rings is 2. The molecule has 2 aromatic carbocycles. The molecule has 0 unspecified atom stereocenters. The lowest BCUT2D eigenvalue weighted by Gasteiger charge is -2.12. The summed E-state index contributed by atoms with van der Waals surface area (Å²) in [5.41, 5.74) is 2.49. The van der Waals surface area contributed by atoms with Crippen LogP contribution in [0.25, 0.3) is 0 Å². The molecule has 126 valence electrons. The maximum absolute atomic E-state index is 8.88. The zero-order valence-electron chi connectivity index (χ0n) is 12.5. The Bertz CT molecular complexity index is 707. The summed E-state index contributed by atoms with van der Waals surface area (Å²) >= 11 is 6.94. The second-order valence-electron chi connectivity index (χ2n) is 4.65. The van der Waals surface area contributed by atoms with Crippen LogP contribution in [0.1, 0.15) is 18.1 Å². The second-order valence-corrected chi connectivity index (χ2v) is 7.45. The maximum Gasteiger partial charge on any atom is 0.466 e. The fraction of sp³-hybridized carbons (Fsp3) is 0.200. The predicted octanol–water partition coefficient (Wildman–Crippen LogP) is 4.95. The van der Waals surface area contributed by atoms with Crippen LogP contribution in [0.15, 0.2) is 45.3 Å². The van der Waals surface area contributed by atoms with E-state index in [9.17, 15) is 0 Å². The van der Waals surface area contributed by atoms with Gasteiger partial charge in [-0.3, -0.25) is 0 Å². The number of hydrogen-bond donors (Lipinski definition) is 3. The number of hydrogen-bond acceptors (Lipinski definition) is 2. The highest BCUT2D eigenvalue weighted by atomic mass is 79.9. The highest BCUT2D eigenvalue weighted by molar-refractivity contribution is 9.11. The van der Waals surface area contributed by atoms with E-state index in [0.717, 1.165) is 26.9 Å². The first kappa shape index (κ1) is 20.4. The highest BCUT2D eigenvalue weighted by Crippen LogP contribution is 2.33. The van der Waals surface area contributed by atoms with Crippen LogP contribution in [-0.4, -0.2) is 14.7 Å². The maximum atomic E-state index is 8.88. The molecule has 8 heteroatoms. The first-order valence-electron chi connectivity index (χ1n) is 6.61. The van der Waals surface area contributed by atoms with Gasteiger partial charge in [-0.2, -0.15) is 0 Å². The van der Waals surface area contributed by atoms with E-state index >= 15 is 0 Å². The largest absolute Gasteiger partial charge is 0.466 e. The summed E-state index contributed by atoms with van der Waals surface area (Å²) in [5.74, 6) is 1.75. The zero-order valence-corrected chi connectivity index (χ0v) is 16.6. The Morgan fingerprint density at radius 2 is 1.61 bits per heavy atom. The fourth-order valence-electron chi connectivity index (χ4n) is 1.76. The van der Waals surface area contributed by atoms with Gasteiger partial charge < -0.3 is 19.4 Å². The predicted molar refractivity (Wildman–Crippen MR) is 96.7 cm³/mol. The van der Waals surface area contributed by atoms with Crippen molar-refractivity contribution in [1.82, 2.24) is 0 Å². The van der Waals surface area contributed by atoms with E-state index in [1.807, 2.05) is 24.3 Å². The Hall–Kier alpha value is -0.690. The molecular weight excluding hydrogens is 451 g/mol. The molecule has 0 spiro atoms. The molecule has 0 saturated heterocycles. The van der Waals surface area contributed by atoms with Crippen LogP contribution in [0.4, 0.5) is 0 Å². The molecule has 23 heavy (non-hydrogen) atoms. The Labute approximate surface area is 151 Å². The molecule has 0 aromatic heterocycles. The second kappa shape index (κ2) is 8.97. The van der Waals surface area contributed by atoms with Gasteiger partial charge in [0.25, 0.3) is 0 Å². The van der Waals surface area contributed by atoms with Gasteiger partial charge in [-0.1, -0.05) is 40.5 Å². The highest BCUT2D eigenvalue weighted by Gasteiger charge is 2.07. The lowest BCUT2D eigenvalue weighted by Crippen LogP contribution is -1.92. The Morgan fingerprint density at radius 1 is 1.04 bits per heavy atom. The van der Waals surface area contributed by atoms with E-state index in [1.165, 1.54) is 11.1 Å². The van der Waals surface area contributed by atoms with Crippen molar-refractivity contribution in [2.45, 2.75) is 20.3 Å². The molecule has 0 amide bonds. The van der Waals surface area contributed by atoms with Crippen LogP contribution >= 0.6 is 39.7 Å². The van der Waals surface area contributed by atoms with Crippen LogP contribution in [0.5, 0.6) is 11.5 Å². The molecule has 0 heterocycles. The van der Waals surface area contributed by atoms with Gasteiger partial charge in [0.05, 0.1) is 4.47 Å². The number of aryl methyl sites for hydroxylation is 2. The number of rotatable bonds is 3. The third-order valence-electron chi connectivity index (χ3n) is 2.71. The lowest BCUT2D eigenvalue weighted by atomic mass is 10.1. The number of ether oxygens (including phenoxy) is 1. The molecule has 0 aliphatic heterocycles. The summed E-state index contributed by atoms with van der Waals surface area (Å²) in [6.45, 7) is 4.23. The first-order valence-corrected chi connectivity index (χ1v) is 9.76. The average molecular weight is 468 g/mol. The van der Waals surface area contributed by atoms with Gasteiger partial charge in [0.1, 0.15) is 11.5 Å². The van der Waals surface area contributed by atoms with Crippen LogP contribution in [0.2, 0.25) is 0 Å². The van der Waals surface area contributed by atoms with Crippen LogP contribution in [0, 0.1) is 6.92 Å². The van der Waals surface area contributed by atoms with Crippen molar-refractivity contribution >= 4 is 39.7 Å². The Morgan fingerprint density at radius 3 is 2.13 bits per heavy atom. The SMILES string of the molecule is CCc1cc(C)ccc1Oc1ccc(Br)cc1Br.O=P(O)(O)O. The van der Waals surface area contributed by atoms with Crippen LogP contribution in [-0.2, 0) is 11.0 Å². The van der Waals surface area contributed by atoms with Crippen molar-refractivity contribution in [3.8, 4) is 11.5 Å². The molecule has 5 nitrogen and oxygen atoms in total. The van der Waals surface area contributed by atoms with E-state index in [0.29, 0.717) is 0 Å². The van der Waals surface area contributed by atoms with Gasteiger partial charge in [-0.15, -0.1) is 0 Å². The van der Waals surface area contributed by atoms with Crippen LogP contribution < -0.4 is 4.74 Å². The fourth-order valence-corrected chi connectivity index (χ4v) is 2.89. The van der Waals surface area contributed by atoms with Crippen molar-refractivity contribution in [3.63, 3.8) is 0 Å². The molecule has 2 aromatic rings. The normalized spacial score (nSPS) is 10.7. The van der Waals surface area contributed by atoms with E-state index in [1.54, 1.807) is 0 Å². The molecule has 0 fully saturated rings. The van der Waals surface area contributed by atoms with Crippen molar-refractivity contribution in [2.24, 2.45) is 0 Å². The summed E-state index contributed by atoms with van der Waals surface area (Å²) < 4.78 is 16.8. The molecule has 2 rings (SSSR count). The minimum Gasteiger partial charge on any atom is -0.456 e. The van der Waals surface area contributed by atoms with Gasteiger partial charge in [0, 0.05) is 4.47 Å². The molecule has 0 bridgehead atoms. The Kier molecular flexibility index (Phi) is 7.94. The standard InChI is InChI=1S/C15H14Br2O.H3O4P/c1-3-11-8-10(2)4-6-14(11)18-15-7-5-12(16)9-13(15)17;1-5(2,3)4/h4-9H,3H2,1-2H3;(H3,1,2,3,4). The molecular formula is C15H17Br2O5P. The van der Waals surface area contributed by atoms with Gasteiger partial charge in [0.15, 0.2) is 0 Å². The summed E-state index contributed by atoms with van der Waals surface area (Å²) in [7, 11) is -4.64. The van der Waals surface area contributed by atoms with E-state index in [4.69, 9.17) is 24.0 Å². The van der Waals surface area contributed by atoms with E-state index in [2.05, 4.69) is 57.8 Å². The van der Waals surface area contributed by atoms with Gasteiger partial charge >= 0.3 is 7.82 Å². The molecule has 0 aliphatic carbocycles. The number of halogens is 2. The Balaban J connectivity index is 0.000000463. The minimum absolute atomic E-state index is 0.830. The number of phosphoric acid groups is 1. The summed E-state index contributed by atoms with van der Waals surface area (Å²) in [4.78, 5) is 21.6. The van der Waals surface area contributed by atoms with Gasteiger partial charge in [0.2, 0.25) is 0 Å². The van der Waals surface area contributed by atoms with Crippen molar-refractivity contribution in [2.75, 3.05) is 0 Å². The van der Waals surface area contributed by atoms with Gasteiger partial charge in [-0.25, -0.2) is 4.57 Å². The third kappa shape index (κ3) is 8.11. The molecule has 0 atom stereocenters. The van der Waals surface area contributed by atoms with E-state index < -0.39 is 7.82 Å².